The molecule has 0 heterocycles. The Kier molecular flexibility index (Phi) is 5.39. The second-order valence-corrected chi connectivity index (χ2v) is 7.04. The van der Waals surface area contributed by atoms with Gasteiger partial charge in [-0.3, -0.25) is 4.79 Å². The average molecular weight is 296 g/mol. The van der Waals surface area contributed by atoms with Crippen LogP contribution in [0.2, 0.25) is 0 Å². The smallest absolute Gasteiger partial charge is 0.143 e. The summed E-state index contributed by atoms with van der Waals surface area (Å²) in [6.07, 6.45) is 8.78. The number of benzene rings is 1. The number of hydrogen-bond donors (Lipinski definition) is 0. The normalized spacial score (nSPS) is 21.3. The molecule has 118 valence electrons. The maximum atomic E-state index is 13.0. The zero-order valence-electron chi connectivity index (χ0n) is 14.3. The number of carbonyl (C=O) groups excluding carboxylic acids is 1. The molecule has 2 rings (SSSR count). The zero-order valence-corrected chi connectivity index (χ0v) is 14.3. The second kappa shape index (κ2) is 7.09. The number of aryl methyl sites for hydroxylation is 1. The highest BCUT2D eigenvalue weighted by Gasteiger charge is 2.40. The third kappa shape index (κ3) is 3.58. The van der Waals surface area contributed by atoms with Gasteiger partial charge in [0, 0.05) is 6.42 Å². The Bertz CT molecular complexity index is 563. The predicted molar refractivity (Wildman–Crippen MR) is 93.7 cm³/mol. The summed E-state index contributed by atoms with van der Waals surface area (Å²) in [5.74, 6) is 1.22. The van der Waals surface area contributed by atoms with E-state index in [1.165, 1.54) is 11.1 Å². The molecular weight excluding hydrogens is 268 g/mol. The first-order valence-corrected chi connectivity index (χ1v) is 8.41. The average Bonchev–Trinajstić information content (AvgIpc) is 2.53. The fourth-order valence-corrected chi connectivity index (χ4v) is 3.24. The Labute approximate surface area is 135 Å². The van der Waals surface area contributed by atoms with Crippen molar-refractivity contribution in [2.45, 2.75) is 47.0 Å². The quantitative estimate of drug-likeness (QED) is 0.689. The number of hydrogen-bond acceptors (Lipinski definition) is 1. The molecule has 0 amide bonds. The lowest BCUT2D eigenvalue weighted by atomic mass is 9.65. The molecule has 0 saturated heterocycles. The highest BCUT2D eigenvalue weighted by molar-refractivity contribution is 5.88. The molecule has 0 fully saturated rings. The van der Waals surface area contributed by atoms with E-state index in [0.717, 1.165) is 12.8 Å². The van der Waals surface area contributed by atoms with Crippen molar-refractivity contribution in [3.05, 3.63) is 59.7 Å². The first-order valence-electron chi connectivity index (χ1n) is 8.41. The van der Waals surface area contributed by atoms with Crippen LogP contribution in [0.5, 0.6) is 0 Å². The Hall–Kier alpha value is -1.63. The molecule has 1 aromatic rings. The molecule has 1 heteroatoms. The minimum atomic E-state index is -0.316. The van der Waals surface area contributed by atoms with Crippen molar-refractivity contribution in [2.24, 2.45) is 17.3 Å². The number of Topliss-reactive ketones (excluding diaryl/α,β-unsaturated/α-hetero) is 1. The van der Waals surface area contributed by atoms with Crippen LogP contribution < -0.4 is 0 Å². The molecule has 0 N–H and O–H groups in total. The molecule has 22 heavy (non-hydrogen) atoms. The number of allylic oxidation sites excluding steroid dienone is 4. The summed E-state index contributed by atoms with van der Waals surface area (Å²) in [5.41, 5.74) is 2.32. The van der Waals surface area contributed by atoms with Crippen LogP contribution in [-0.4, -0.2) is 5.78 Å². The Morgan fingerprint density at radius 3 is 2.41 bits per heavy atom. The molecule has 0 radical (unpaired) electrons. The van der Waals surface area contributed by atoms with Crippen molar-refractivity contribution in [3.63, 3.8) is 0 Å². The van der Waals surface area contributed by atoms with E-state index in [2.05, 4.69) is 58.1 Å². The van der Waals surface area contributed by atoms with Gasteiger partial charge in [-0.25, -0.2) is 0 Å². The van der Waals surface area contributed by atoms with Crippen LogP contribution in [0, 0.1) is 17.3 Å². The number of rotatable bonds is 6. The summed E-state index contributed by atoms with van der Waals surface area (Å²) in [7, 11) is 0. The van der Waals surface area contributed by atoms with Gasteiger partial charge in [-0.2, -0.15) is 0 Å². The lowest BCUT2D eigenvalue weighted by molar-refractivity contribution is -0.128. The van der Waals surface area contributed by atoms with Gasteiger partial charge in [0.25, 0.3) is 0 Å². The maximum absolute atomic E-state index is 13.0. The standard InChI is InChI=1S/C21H28O/c1-16(2)19-11-8-14-21(15-19,17(3)4)20(22)13-12-18-9-6-5-7-10-18/h5-11,14,16-17H,12-13,15H2,1-4H3. The van der Waals surface area contributed by atoms with Crippen LogP contribution in [0.25, 0.3) is 0 Å². The predicted octanol–water partition coefficient (Wildman–Crippen LogP) is 5.37. The Morgan fingerprint density at radius 2 is 1.82 bits per heavy atom. The lowest BCUT2D eigenvalue weighted by Crippen LogP contribution is -2.37. The molecule has 0 saturated carbocycles. The van der Waals surface area contributed by atoms with Gasteiger partial charge < -0.3 is 0 Å². The molecule has 1 nitrogen and oxygen atoms in total. The summed E-state index contributed by atoms with van der Waals surface area (Å²) in [6.45, 7) is 8.77. The SMILES string of the molecule is CC(C)C1=CC=CC(C(=O)CCc2ccccc2)(C(C)C)C1. The third-order valence-corrected chi connectivity index (χ3v) is 4.98. The fourth-order valence-electron chi connectivity index (χ4n) is 3.24. The highest BCUT2D eigenvalue weighted by Crippen LogP contribution is 2.42. The molecular formula is C21H28O. The molecule has 1 atom stereocenters. The van der Waals surface area contributed by atoms with Gasteiger partial charge in [-0.05, 0) is 30.2 Å². The minimum Gasteiger partial charge on any atom is -0.299 e. The minimum absolute atomic E-state index is 0.316. The van der Waals surface area contributed by atoms with Crippen molar-refractivity contribution in [1.82, 2.24) is 0 Å². The van der Waals surface area contributed by atoms with Gasteiger partial charge in [0.15, 0.2) is 0 Å². The van der Waals surface area contributed by atoms with E-state index >= 15 is 0 Å². The Balaban J connectivity index is 2.13. The molecule has 0 aliphatic heterocycles. The van der Waals surface area contributed by atoms with Crippen LogP contribution in [0.3, 0.4) is 0 Å². The number of ketones is 1. The zero-order chi connectivity index (χ0) is 16.2. The van der Waals surface area contributed by atoms with Crippen LogP contribution in [0.1, 0.15) is 46.1 Å². The maximum Gasteiger partial charge on any atom is 0.143 e. The first-order chi connectivity index (χ1) is 10.5. The van der Waals surface area contributed by atoms with E-state index in [1.54, 1.807) is 0 Å². The molecule has 1 unspecified atom stereocenters. The first kappa shape index (κ1) is 16.7. The summed E-state index contributed by atoms with van der Waals surface area (Å²) in [5, 5.41) is 0. The molecule has 0 aromatic heterocycles. The molecule has 1 aliphatic carbocycles. The molecule has 0 bridgehead atoms. The van der Waals surface area contributed by atoms with Crippen LogP contribution >= 0.6 is 0 Å². The van der Waals surface area contributed by atoms with Crippen LogP contribution in [-0.2, 0) is 11.2 Å². The van der Waals surface area contributed by atoms with Gasteiger partial charge in [0.05, 0.1) is 5.41 Å². The summed E-state index contributed by atoms with van der Waals surface area (Å²) < 4.78 is 0. The summed E-state index contributed by atoms with van der Waals surface area (Å²) >= 11 is 0. The van der Waals surface area contributed by atoms with Gasteiger partial charge in [-0.15, -0.1) is 0 Å². The summed E-state index contributed by atoms with van der Waals surface area (Å²) in [4.78, 5) is 13.0. The second-order valence-electron chi connectivity index (χ2n) is 7.04. The van der Waals surface area contributed by atoms with Crippen molar-refractivity contribution in [1.29, 1.82) is 0 Å². The van der Waals surface area contributed by atoms with Gasteiger partial charge in [-0.1, -0.05) is 81.8 Å². The van der Waals surface area contributed by atoms with E-state index in [4.69, 9.17) is 0 Å². The van der Waals surface area contributed by atoms with Gasteiger partial charge in [0.1, 0.15) is 5.78 Å². The lowest BCUT2D eigenvalue weighted by Gasteiger charge is -2.37. The molecule has 1 aromatic carbocycles. The van der Waals surface area contributed by atoms with E-state index < -0.39 is 0 Å². The van der Waals surface area contributed by atoms with E-state index in [9.17, 15) is 4.79 Å². The van der Waals surface area contributed by atoms with E-state index in [-0.39, 0.29) is 5.41 Å². The summed E-state index contributed by atoms with van der Waals surface area (Å²) in [6, 6.07) is 10.3. The Morgan fingerprint density at radius 1 is 1.14 bits per heavy atom. The molecule has 0 spiro atoms. The largest absolute Gasteiger partial charge is 0.299 e. The van der Waals surface area contributed by atoms with Crippen LogP contribution in [0.4, 0.5) is 0 Å². The monoisotopic (exact) mass is 296 g/mol. The van der Waals surface area contributed by atoms with Gasteiger partial charge in [0.2, 0.25) is 0 Å². The van der Waals surface area contributed by atoms with Crippen LogP contribution in [0.15, 0.2) is 54.1 Å². The van der Waals surface area contributed by atoms with Crippen molar-refractivity contribution < 1.29 is 4.79 Å². The topological polar surface area (TPSA) is 17.1 Å². The fraction of sp³-hybridized carbons (Fsp3) is 0.476. The third-order valence-electron chi connectivity index (χ3n) is 4.98. The van der Waals surface area contributed by atoms with E-state index in [1.807, 2.05) is 18.2 Å². The highest BCUT2D eigenvalue weighted by atomic mass is 16.1. The molecule has 1 aliphatic rings. The van der Waals surface area contributed by atoms with Crippen molar-refractivity contribution in [2.75, 3.05) is 0 Å². The van der Waals surface area contributed by atoms with Crippen molar-refractivity contribution in [3.8, 4) is 0 Å². The number of carbonyl (C=O) groups is 1. The van der Waals surface area contributed by atoms with Crippen molar-refractivity contribution >= 4 is 5.78 Å². The van der Waals surface area contributed by atoms with E-state index in [0.29, 0.717) is 24.0 Å². The van der Waals surface area contributed by atoms with Gasteiger partial charge >= 0.3 is 0 Å².